The lowest BCUT2D eigenvalue weighted by Crippen LogP contribution is -2.24. The third kappa shape index (κ3) is 3.66. The molecule has 0 saturated carbocycles. The first kappa shape index (κ1) is 20.0. The van der Waals surface area contributed by atoms with Crippen molar-refractivity contribution in [2.75, 3.05) is 0 Å². The number of hydrogen-bond acceptors (Lipinski definition) is 5. The number of nitrogens with zero attached hydrogens (tertiary/aromatic N) is 3. The highest BCUT2D eigenvalue weighted by Gasteiger charge is 2.24. The number of aromatic nitrogens is 3. The minimum atomic E-state index is -1.27. The molecule has 8 heteroatoms. The molecule has 0 bridgehead atoms. The Balaban J connectivity index is 2.03. The number of pyridine rings is 3. The van der Waals surface area contributed by atoms with Crippen molar-refractivity contribution in [3.8, 4) is 5.69 Å². The summed E-state index contributed by atoms with van der Waals surface area (Å²) in [5, 5.41) is 19.4. The first-order valence-corrected chi connectivity index (χ1v) is 9.39. The number of fused-ring (bicyclic) bond motifs is 1. The Labute approximate surface area is 176 Å². The van der Waals surface area contributed by atoms with Crippen LogP contribution in [-0.4, -0.2) is 36.7 Å². The van der Waals surface area contributed by atoms with Crippen molar-refractivity contribution >= 4 is 23.0 Å². The number of carboxylic acids is 2. The fourth-order valence-corrected chi connectivity index (χ4v) is 3.48. The third-order valence-electron chi connectivity index (χ3n) is 4.90. The van der Waals surface area contributed by atoms with E-state index in [4.69, 9.17) is 5.11 Å². The Morgan fingerprint density at radius 3 is 2.32 bits per heavy atom. The van der Waals surface area contributed by atoms with Crippen LogP contribution in [-0.2, 0) is 6.42 Å². The van der Waals surface area contributed by atoms with E-state index in [1.165, 1.54) is 22.9 Å². The van der Waals surface area contributed by atoms with Gasteiger partial charge in [-0.15, -0.1) is 0 Å². The summed E-state index contributed by atoms with van der Waals surface area (Å²) in [4.78, 5) is 45.0. The second-order valence-electron chi connectivity index (χ2n) is 6.99. The maximum Gasteiger partial charge on any atom is 0.354 e. The van der Waals surface area contributed by atoms with Gasteiger partial charge in [-0.2, -0.15) is 0 Å². The van der Waals surface area contributed by atoms with Crippen molar-refractivity contribution in [1.29, 1.82) is 0 Å². The normalized spacial score (nSPS) is 10.9. The molecule has 3 heterocycles. The quantitative estimate of drug-likeness (QED) is 0.513. The number of carbonyl (C=O) groups is 2. The van der Waals surface area contributed by atoms with Crippen LogP contribution in [0.15, 0.2) is 65.6 Å². The highest BCUT2D eigenvalue weighted by atomic mass is 16.4. The minimum Gasteiger partial charge on any atom is -0.477 e. The van der Waals surface area contributed by atoms with E-state index >= 15 is 0 Å². The van der Waals surface area contributed by atoms with Crippen LogP contribution in [0.2, 0.25) is 0 Å². The molecule has 0 radical (unpaired) electrons. The number of carboxylic acid groups (broad SMARTS) is 2. The average Bonchev–Trinajstić information content (AvgIpc) is 2.76. The Bertz CT molecular complexity index is 1380. The molecule has 4 rings (SSSR count). The van der Waals surface area contributed by atoms with Crippen LogP contribution in [0.5, 0.6) is 0 Å². The van der Waals surface area contributed by atoms with Crippen molar-refractivity contribution in [1.82, 2.24) is 14.5 Å². The van der Waals surface area contributed by atoms with E-state index in [-0.39, 0.29) is 29.0 Å². The zero-order chi connectivity index (χ0) is 22.1. The molecule has 8 nitrogen and oxygen atoms in total. The molecule has 154 valence electrons. The second-order valence-corrected chi connectivity index (χ2v) is 6.99. The zero-order valence-electron chi connectivity index (χ0n) is 16.4. The molecule has 31 heavy (non-hydrogen) atoms. The maximum absolute atomic E-state index is 13.3. The van der Waals surface area contributed by atoms with Crippen molar-refractivity contribution in [3.05, 3.63) is 99.2 Å². The van der Waals surface area contributed by atoms with E-state index in [9.17, 15) is 19.5 Å². The maximum atomic E-state index is 13.3. The SMILES string of the molecule is Cc1ccc2c(=O)c(Cc3ccc(C(=O)O)nc3)c(C(=O)O)n(-c3ccccc3)c2n1. The van der Waals surface area contributed by atoms with Gasteiger partial charge in [0.1, 0.15) is 17.0 Å². The summed E-state index contributed by atoms with van der Waals surface area (Å²) >= 11 is 0. The molecule has 0 aliphatic rings. The number of rotatable bonds is 5. The zero-order valence-corrected chi connectivity index (χ0v) is 16.4. The highest BCUT2D eigenvalue weighted by molar-refractivity contribution is 5.93. The highest BCUT2D eigenvalue weighted by Crippen LogP contribution is 2.23. The van der Waals surface area contributed by atoms with Gasteiger partial charge in [0.25, 0.3) is 0 Å². The van der Waals surface area contributed by atoms with Gasteiger partial charge in [0.15, 0.2) is 5.43 Å². The Hall–Kier alpha value is -4.33. The molecule has 0 atom stereocenters. The topological polar surface area (TPSA) is 122 Å². The molecule has 0 saturated heterocycles. The second kappa shape index (κ2) is 7.83. The summed E-state index contributed by atoms with van der Waals surface area (Å²) in [6.07, 6.45) is 1.31. The molecule has 0 amide bonds. The fourth-order valence-electron chi connectivity index (χ4n) is 3.48. The predicted molar refractivity (Wildman–Crippen MR) is 113 cm³/mol. The van der Waals surface area contributed by atoms with Gasteiger partial charge >= 0.3 is 11.9 Å². The van der Waals surface area contributed by atoms with Crippen molar-refractivity contribution < 1.29 is 19.8 Å². The number of benzene rings is 1. The third-order valence-corrected chi connectivity index (χ3v) is 4.90. The van der Waals surface area contributed by atoms with Crippen LogP contribution >= 0.6 is 0 Å². The standard InChI is InChI=1S/C23H17N3O5/c1-13-7-9-16-20(27)17(11-14-8-10-18(22(28)29)24-12-14)19(23(30)31)26(21(16)25-13)15-5-3-2-4-6-15/h2-10,12H,11H2,1H3,(H,28,29)(H,30,31). The molecule has 3 aromatic heterocycles. The predicted octanol–water partition coefficient (Wildman–Crippen LogP) is 3.08. The van der Waals surface area contributed by atoms with Gasteiger partial charge in [-0.3, -0.25) is 9.36 Å². The van der Waals surface area contributed by atoms with Gasteiger partial charge in [-0.05, 0) is 42.8 Å². The van der Waals surface area contributed by atoms with Crippen LogP contribution in [0.25, 0.3) is 16.7 Å². The molecule has 0 spiro atoms. The lowest BCUT2D eigenvalue weighted by atomic mass is 10.0. The van der Waals surface area contributed by atoms with E-state index in [0.29, 0.717) is 22.3 Å². The first-order chi connectivity index (χ1) is 14.9. The summed E-state index contributed by atoms with van der Waals surface area (Å²) in [6.45, 7) is 1.77. The van der Waals surface area contributed by atoms with Gasteiger partial charge in [0, 0.05) is 29.6 Å². The molecule has 4 aromatic rings. The van der Waals surface area contributed by atoms with Crippen LogP contribution < -0.4 is 5.43 Å². The average molecular weight is 415 g/mol. The van der Waals surface area contributed by atoms with Crippen LogP contribution in [0.4, 0.5) is 0 Å². The summed E-state index contributed by atoms with van der Waals surface area (Å²) in [5.74, 6) is -2.44. The molecular formula is C23H17N3O5. The van der Waals surface area contributed by atoms with E-state index in [1.807, 2.05) is 6.07 Å². The van der Waals surface area contributed by atoms with E-state index in [2.05, 4.69) is 9.97 Å². The molecule has 2 N–H and O–H groups in total. The largest absolute Gasteiger partial charge is 0.477 e. The van der Waals surface area contributed by atoms with Crippen LogP contribution in [0, 0.1) is 6.92 Å². The number of para-hydroxylation sites is 1. The monoisotopic (exact) mass is 415 g/mol. The lowest BCUT2D eigenvalue weighted by molar-refractivity contribution is 0.0678. The van der Waals surface area contributed by atoms with E-state index in [1.54, 1.807) is 43.3 Å². The molecule has 0 aliphatic carbocycles. The summed E-state index contributed by atoms with van der Waals surface area (Å²) < 4.78 is 1.47. The summed E-state index contributed by atoms with van der Waals surface area (Å²) in [6, 6.07) is 15.0. The van der Waals surface area contributed by atoms with Gasteiger partial charge in [0.2, 0.25) is 0 Å². The van der Waals surface area contributed by atoms with Crippen LogP contribution in [0.1, 0.15) is 37.8 Å². The molecule has 0 unspecified atom stereocenters. The van der Waals surface area contributed by atoms with Gasteiger partial charge < -0.3 is 10.2 Å². The lowest BCUT2D eigenvalue weighted by Gasteiger charge is -2.18. The Morgan fingerprint density at radius 1 is 0.968 bits per heavy atom. The minimum absolute atomic E-state index is 0.0238. The number of aromatic carboxylic acids is 2. The van der Waals surface area contributed by atoms with E-state index < -0.39 is 17.4 Å². The fraction of sp³-hybridized carbons (Fsp3) is 0.0870. The molecule has 0 aliphatic heterocycles. The molecule has 1 aromatic carbocycles. The summed E-state index contributed by atoms with van der Waals surface area (Å²) in [7, 11) is 0. The first-order valence-electron chi connectivity index (χ1n) is 9.39. The number of hydrogen-bond donors (Lipinski definition) is 2. The van der Waals surface area contributed by atoms with Gasteiger partial charge in [0.05, 0.1) is 5.39 Å². The smallest absolute Gasteiger partial charge is 0.354 e. The van der Waals surface area contributed by atoms with E-state index in [0.717, 1.165) is 0 Å². The van der Waals surface area contributed by atoms with Gasteiger partial charge in [-0.25, -0.2) is 19.6 Å². The van der Waals surface area contributed by atoms with Gasteiger partial charge in [-0.1, -0.05) is 24.3 Å². The molecular weight excluding hydrogens is 398 g/mol. The summed E-state index contributed by atoms with van der Waals surface area (Å²) in [5.41, 5.74) is 1.29. The molecule has 0 fully saturated rings. The Morgan fingerprint density at radius 2 is 1.71 bits per heavy atom. The van der Waals surface area contributed by atoms with Crippen molar-refractivity contribution in [2.24, 2.45) is 0 Å². The van der Waals surface area contributed by atoms with Crippen LogP contribution in [0.3, 0.4) is 0 Å². The Kier molecular flexibility index (Phi) is 5.04. The number of aryl methyl sites for hydroxylation is 1. The van der Waals surface area contributed by atoms with Crippen molar-refractivity contribution in [3.63, 3.8) is 0 Å². The van der Waals surface area contributed by atoms with Crippen molar-refractivity contribution in [2.45, 2.75) is 13.3 Å².